The second-order valence-electron chi connectivity index (χ2n) is 4.31. The molecule has 1 heterocycles. The van der Waals surface area contributed by atoms with E-state index in [4.69, 9.17) is 4.42 Å². The number of rotatable bonds is 6. The average Bonchev–Trinajstić information content (AvgIpc) is 2.92. The number of carbonyl (C=O) groups excluding carboxylic acids is 1. The molecule has 0 fully saturated rings. The van der Waals surface area contributed by atoms with Gasteiger partial charge in [0, 0.05) is 19.4 Å². The molecule has 0 bridgehead atoms. The molecular formula is C15H17NO3. The summed E-state index contributed by atoms with van der Waals surface area (Å²) in [5, 5.41) is 12.4. The van der Waals surface area contributed by atoms with Gasteiger partial charge in [-0.15, -0.1) is 0 Å². The van der Waals surface area contributed by atoms with E-state index in [1.807, 2.05) is 24.3 Å². The molecule has 0 radical (unpaired) electrons. The van der Waals surface area contributed by atoms with Gasteiger partial charge in [-0.05, 0) is 30.2 Å². The normalized spacial score (nSPS) is 10.3. The highest BCUT2D eigenvalue weighted by atomic mass is 16.3. The average molecular weight is 259 g/mol. The molecule has 1 amide bonds. The number of carbonyl (C=O) groups is 1. The van der Waals surface area contributed by atoms with Crippen LogP contribution in [0.2, 0.25) is 0 Å². The van der Waals surface area contributed by atoms with Crippen LogP contribution in [-0.2, 0) is 17.6 Å². The second-order valence-corrected chi connectivity index (χ2v) is 4.31. The SMILES string of the molecule is O=C(CCc1ccco1)NCCc1ccccc1O. The Bertz CT molecular complexity index is 520. The van der Waals surface area contributed by atoms with E-state index < -0.39 is 0 Å². The van der Waals surface area contributed by atoms with Crippen LogP contribution >= 0.6 is 0 Å². The molecule has 4 heteroatoms. The minimum atomic E-state index is -0.00757. The molecule has 0 saturated carbocycles. The first-order chi connectivity index (χ1) is 9.25. The molecule has 2 N–H and O–H groups in total. The third-order valence-electron chi connectivity index (χ3n) is 2.89. The third kappa shape index (κ3) is 4.17. The standard InChI is InChI=1S/C15H17NO3/c17-14-6-2-1-4-12(14)9-10-16-15(18)8-7-13-5-3-11-19-13/h1-6,11,17H,7-10H2,(H,16,18). The van der Waals surface area contributed by atoms with E-state index in [0.717, 1.165) is 11.3 Å². The number of hydrogen-bond donors (Lipinski definition) is 2. The van der Waals surface area contributed by atoms with Gasteiger partial charge < -0.3 is 14.8 Å². The predicted octanol–water partition coefficient (Wildman–Crippen LogP) is 2.28. The van der Waals surface area contributed by atoms with Crippen LogP contribution in [0.3, 0.4) is 0 Å². The molecule has 4 nitrogen and oxygen atoms in total. The van der Waals surface area contributed by atoms with Crippen molar-refractivity contribution in [1.82, 2.24) is 5.32 Å². The maximum Gasteiger partial charge on any atom is 0.220 e. The quantitative estimate of drug-likeness (QED) is 0.836. The predicted molar refractivity (Wildman–Crippen MR) is 71.8 cm³/mol. The molecule has 100 valence electrons. The third-order valence-corrected chi connectivity index (χ3v) is 2.89. The van der Waals surface area contributed by atoms with Gasteiger partial charge >= 0.3 is 0 Å². The Hall–Kier alpha value is -2.23. The van der Waals surface area contributed by atoms with Gasteiger partial charge in [-0.25, -0.2) is 0 Å². The first-order valence-corrected chi connectivity index (χ1v) is 6.31. The van der Waals surface area contributed by atoms with Crippen LogP contribution in [0.25, 0.3) is 0 Å². The van der Waals surface area contributed by atoms with Gasteiger partial charge in [-0.3, -0.25) is 4.79 Å². The van der Waals surface area contributed by atoms with Crippen LogP contribution in [0, 0.1) is 0 Å². The van der Waals surface area contributed by atoms with Crippen LogP contribution in [0.1, 0.15) is 17.7 Å². The molecule has 19 heavy (non-hydrogen) atoms. The molecule has 0 saturated heterocycles. The van der Waals surface area contributed by atoms with Gasteiger partial charge in [0.25, 0.3) is 0 Å². The fraction of sp³-hybridized carbons (Fsp3) is 0.267. The lowest BCUT2D eigenvalue weighted by Crippen LogP contribution is -2.25. The number of aromatic hydroxyl groups is 1. The number of aryl methyl sites for hydroxylation is 1. The summed E-state index contributed by atoms with van der Waals surface area (Å²) in [4.78, 5) is 11.6. The highest BCUT2D eigenvalue weighted by Gasteiger charge is 2.04. The lowest BCUT2D eigenvalue weighted by molar-refractivity contribution is -0.121. The van der Waals surface area contributed by atoms with Gasteiger partial charge in [0.2, 0.25) is 5.91 Å². The second kappa shape index (κ2) is 6.64. The van der Waals surface area contributed by atoms with Gasteiger partial charge in [0.15, 0.2) is 0 Å². The van der Waals surface area contributed by atoms with E-state index in [1.165, 1.54) is 0 Å². The minimum Gasteiger partial charge on any atom is -0.508 e. The number of phenolic OH excluding ortho intramolecular Hbond substituents is 1. The number of phenols is 1. The smallest absolute Gasteiger partial charge is 0.220 e. The lowest BCUT2D eigenvalue weighted by Gasteiger charge is -2.06. The first kappa shape index (κ1) is 13.2. The van der Waals surface area contributed by atoms with Crippen LogP contribution < -0.4 is 5.32 Å². The molecule has 1 aromatic carbocycles. The molecule has 0 aliphatic carbocycles. The number of furan rings is 1. The summed E-state index contributed by atoms with van der Waals surface area (Å²) in [6.07, 6.45) is 3.24. The Labute approximate surface area is 112 Å². The molecule has 0 unspecified atom stereocenters. The summed E-state index contributed by atoms with van der Waals surface area (Å²) in [6.45, 7) is 0.522. The summed E-state index contributed by atoms with van der Waals surface area (Å²) in [5.74, 6) is 1.08. The monoisotopic (exact) mass is 259 g/mol. The van der Waals surface area contributed by atoms with Crippen molar-refractivity contribution in [2.45, 2.75) is 19.3 Å². The maximum absolute atomic E-state index is 11.6. The van der Waals surface area contributed by atoms with E-state index in [-0.39, 0.29) is 11.7 Å². The molecule has 0 aliphatic rings. The van der Waals surface area contributed by atoms with Crippen molar-refractivity contribution in [3.05, 3.63) is 54.0 Å². The van der Waals surface area contributed by atoms with Crippen molar-refractivity contribution in [3.63, 3.8) is 0 Å². The van der Waals surface area contributed by atoms with Crippen molar-refractivity contribution in [2.75, 3.05) is 6.54 Å². The maximum atomic E-state index is 11.6. The summed E-state index contributed by atoms with van der Waals surface area (Å²) < 4.78 is 5.16. The zero-order valence-corrected chi connectivity index (χ0v) is 10.6. The van der Waals surface area contributed by atoms with Crippen molar-refractivity contribution in [2.24, 2.45) is 0 Å². The summed E-state index contributed by atoms with van der Waals surface area (Å²) >= 11 is 0. The van der Waals surface area contributed by atoms with Gasteiger partial charge in [-0.1, -0.05) is 18.2 Å². The number of para-hydroxylation sites is 1. The van der Waals surface area contributed by atoms with Crippen molar-refractivity contribution >= 4 is 5.91 Å². The number of benzene rings is 1. The highest BCUT2D eigenvalue weighted by molar-refractivity contribution is 5.76. The minimum absolute atomic E-state index is 0.00757. The van der Waals surface area contributed by atoms with Crippen molar-refractivity contribution < 1.29 is 14.3 Å². The fourth-order valence-electron chi connectivity index (χ4n) is 1.84. The van der Waals surface area contributed by atoms with Gasteiger partial charge in [-0.2, -0.15) is 0 Å². The van der Waals surface area contributed by atoms with E-state index in [9.17, 15) is 9.90 Å². The summed E-state index contributed by atoms with van der Waals surface area (Å²) in [7, 11) is 0. The largest absolute Gasteiger partial charge is 0.508 e. The Morgan fingerprint density at radius 2 is 2.00 bits per heavy atom. The van der Waals surface area contributed by atoms with Gasteiger partial charge in [0.1, 0.15) is 11.5 Å². The van der Waals surface area contributed by atoms with E-state index in [2.05, 4.69) is 5.32 Å². The molecule has 0 atom stereocenters. The molecule has 1 aromatic heterocycles. The lowest BCUT2D eigenvalue weighted by atomic mass is 10.1. The molecule has 2 aromatic rings. The Morgan fingerprint density at radius 3 is 2.74 bits per heavy atom. The van der Waals surface area contributed by atoms with E-state index in [1.54, 1.807) is 18.4 Å². The fourth-order valence-corrected chi connectivity index (χ4v) is 1.84. The van der Waals surface area contributed by atoms with E-state index >= 15 is 0 Å². The molecule has 0 aliphatic heterocycles. The Balaban J connectivity index is 1.68. The van der Waals surface area contributed by atoms with Crippen molar-refractivity contribution in [1.29, 1.82) is 0 Å². The molecule has 2 rings (SSSR count). The topological polar surface area (TPSA) is 62.5 Å². The van der Waals surface area contributed by atoms with Crippen LogP contribution in [0.15, 0.2) is 47.1 Å². The Kier molecular flexibility index (Phi) is 4.61. The van der Waals surface area contributed by atoms with Crippen LogP contribution in [0.4, 0.5) is 0 Å². The Morgan fingerprint density at radius 1 is 1.16 bits per heavy atom. The first-order valence-electron chi connectivity index (χ1n) is 6.31. The summed E-state index contributed by atoms with van der Waals surface area (Å²) in [5.41, 5.74) is 0.842. The molecular weight excluding hydrogens is 242 g/mol. The van der Waals surface area contributed by atoms with E-state index in [0.29, 0.717) is 25.8 Å². The van der Waals surface area contributed by atoms with Crippen LogP contribution in [-0.4, -0.2) is 17.6 Å². The number of amides is 1. The zero-order chi connectivity index (χ0) is 13.5. The molecule has 0 spiro atoms. The van der Waals surface area contributed by atoms with Gasteiger partial charge in [0.05, 0.1) is 6.26 Å². The number of nitrogens with one attached hydrogen (secondary N) is 1. The highest BCUT2D eigenvalue weighted by Crippen LogP contribution is 2.15. The zero-order valence-electron chi connectivity index (χ0n) is 10.6. The number of hydrogen-bond acceptors (Lipinski definition) is 3. The summed E-state index contributed by atoms with van der Waals surface area (Å²) in [6, 6.07) is 10.8. The van der Waals surface area contributed by atoms with Crippen LogP contribution in [0.5, 0.6) is 5.75 Å². The van der Waals surface area contributed by atoms with Crippen molar-refractivity contribution in [3.8, 4) is 5.75 Å².